The van der Waals surface area contributed by atoms with Crippen molar-refractivity contribution in [3.05, 3.63) is 41.2 Å². The van der Waals surface area contributed by atoms with Crippen LogP contribution in [0.5, 0.6) is 0 Å². The van der Waals surface area contributed by atoms with Crippen LogP contribution in [0.25, 0.3) is 0 Å². The number of rotatable bonds is 3. The van der Waals surface area contributed by atoms with Crippen molar-refractivity contribution in [1.82, 2.24) is 0 Å². The van der Waals surface area contributed by atoms with Gasteiger partial charge < -0.3 is 5.32 Å². The standard InChI is InChI=1S/C13H15ClFN/c14-12-8-11(15)6-7-13(12)16-9-10-4-2-1-3-5-10/h1-2,6-8,10,16H,3-5,9H2. The fourth-order valence-corrected chi connectivity index (χ4v) is 2.16. The van der Waals surface area contributed by atoms with Gasteiger partial charge in [-0.05, 0) is 43.4 Å². The molecule has 0 bridgehead atoms. The molecule has 1 unspecified atom stereocenters. The molecule has 1 aromatic carbocycles. The summed E-state index contributed by atoms with van der Waals surface area (Å²) in [5, 5.41) is 3.73. The first-order valence-electron chi connectivity index (χ1n) is 5.59. The lowest BCUT2D eigenvalue weighted by molar-refractivity contribution is 0.504. The van der Waals surface area contributed by atoms with Gasteiger partial charge in [0, 0.05) is 6.54 Å². The van der Waals surface area contributed by atoms with Gasteiger partial charge in [0.2, 0.25) is 0 Å². The molecule has 0 amide bonds. The van der Waals surface area contributed by atoms with Gasteiger partial charge in [-0.1, -0.05) is 23.8 Å². The van der Waals surface area contributed by atoms with Gasteiger partial charge in [-0.25, -0.2) is 4.39 Å². The highest BCUT2D eigenvalue weighted by atomic mass is 35.5. The highest BCUT2D eigenvalue weighted by molar-refractivity contribution is 6.33. The second-order valence-electron chi connectivity index (χ2n) is 4.16. The van der Waals surface area contributed by atoms with Crippen molar-refractivity contribution in [2.24, 2.45) is 5.92 Å². The number of benzene rings is 1. The zero-order valence-corrected chi connectivity index (χ0v) is 9.80. The van der Waals surface area contributed by atoms with Crippen molar-refractivity contribution in [2.75, 3.05) is 11.9 Å². The Bertz CT molecular complexity index is 390. The Balaban J connectivity index is 1.91. The third kappa shape index (κ3) is 2.99. The monoisotopic (exact) mass is 239 g/mol. The summed E-state index contributed by atoms with van der Waals surface area (Å²) in [6.07, 6.45) is 7.93. The van der Waals surface area contributed by atoms with Crippen LogP contribution in [0.3, 0.4) is 0 Å². The lowest BCUT2D eigenvalue weighted by atomic mass is 9.94. The van der Waals surface area contributed by atoms with E-state index in [1.807, 2.05) is 0 Å². The van der Waals surface area contributed by atoms with E-state index in [0.29, 0.717) is 10.9 Å². The van der Waals surface area contributed by atoms with E-state index < -0.39 is 0 Å². The lowest BCUT2D eigenvalue weighted by Gasteiger charge is -2.19. The molecule has 1 aromatic rings. The molecule has 2 rings (SSSR count). The number of hydrogen-bond acceptors (Lipinski definition) is 1. The maximum absolute atomic E-state index is 12.8. The normalized spacial score (nSPS) is 19.8. The van der Waals surface area contributed by atoms with E-state index in [-0.39, 0.29) is 5.82 Å². The van der Waals surface area contributed by atoms with Crippen LogP contribution in [0, 0.1) is 11.7 Å². The molecular weight excluding hydrogens is 225 g/mol. The Labute approximate surface area is 100 Å². The van der Waals surface area contributed by atoms with Crippen LogP contribution in [0.1, 0.15) is 19.3 Å². The molecule has 0 saturated heterocycles. The topological polar surface area (TPSA) is 12.0 Å². The zero-order chi connectivity index (χ0) is 11.4. The summed E-state index contributed by atoms with van der Waals surface area (Å²) < 4.78 is 12.8. The smallest absolute Gasteiger partial charge is 0.124 e. The Morgan fingerprint density at radius 2 is 2.25 bits per heavy atom. The molecule has 0 saturated carbocycles. The second-order valence-corrected chi connectivity index (χ2v) is 4.56. The highest BCUT2D eigenvalue weighted by Gasteiger charge is 2.10. The number of hydrogen-bond donors (Lipinski definition) is 1. The molecule has 1 N–H and O–H groups in total. The van der Waals surface area contributed by atoms with Crippen LogP contribution < -0.4 is 5.32 Å². The predicted octanol–water partition coefficient (Wildman–Crippen LogP) is 4.25. The van der Waals surface area contributed by atoms with Gasteiger partial charge in [0.15, 0.2) is 0 Å². The Morgan fingerprint density at radius 3 is 2.94 bits per heavy atom. The minimum Gasteiger partial charge on any atom is -0.384 e. The first kappa shape index (κ1) is 11.5. The van der Waals surface area contributed by atoms with Crippen LogP contribution in [0.4, 0.5) is 10.1 Å². The number of anilines is 1. The predicted molar refractivity (Wildman–Crippen MR) is 66.4 cm³/mol. The van der Waals surface area contributed by atoms with Gasteiger partial charge in [0.05, 0.1) is 10.7 Å². The second kappa shape index (κ2) is 5.35. The van der Waals surface area contributed by atoms with E-state index in [4.69, 9.17) is 11.6 Å². The van der Waals surface area contributed by atoms with Gasteiger partial charge in [0.25, 0.3) is 0 Å². The van der Waals surface area contributed by atoms with Gasteiger partial charge in [0.1, 0.15) is 5.82 Å². The minimum atomic E-state index is -0.295. The summed E-state index contributed by atoms with van der Waals surface area (Å²) in [5.74, 6) is 0.363. The van der Waals surface area contributed by atoms with Crippen LogP contribution in [-0.2, 0) is 0 Å². The first-order chi connectivity index (χ1) is 7.75. The molecule has 86 valence electrons. The summed E-state index contributed by atoms with van der Waals surface area (Å²) in [5.41, 5.74) is 0.817. The van der Waals surface area contributed by atoms with Gasteiger partial charge in [-0.3, -0.25) is 0 Å². The molecule has 0 aromatic heterocycles. The fraction of sp³-hybridized carbons (Fsp3) is 0.385. The van der Waals surface area contributed by atoms with E-state index in [1.54, 1.807) is 6.07 Å². The van der Waals surface area contributed by atoms with E-state index >= 15 is 0 Å². The summed E-state index contributed by atoms with van der Waals surface area (Å²) in [6.45, 7) is 0.899. The molecule has 16 heavy (non-hydrogen) atoms. The van der Waals surface area contributed by atoms with E-state index in [2.05, 4.69) is 17.5 Å². The van der Waals surface area contributed by atoms with Crippen molar-refractivity contribution >= 4 is 17.3 Å². The lowest BCUT2D eigenvalue weighted by Crippen LogP contribution is -2.15. The number of halogens is 2. The van der Waals surface area contributed by atoms with Crippen molar-refractivity contribution in [2.45, 2.75) is 19.3 Å². The average molecular weight is 240 g/mol. The summed E-state index contributed by atoms with van der Waals surface area (Å²) >= 11 is 5.93. The maximum atomic E-state index is 12.8. The molecule has 1 aliphatic carbocycles. The van der Waals surface area contributed by atoms with Crippen molar-refractivity contribution < 1.29 is 4.39 Å². The van der Waals surface area contributed by atoms with E-state index in [9.17, 15) is 4.39 Å². The van der Waals surface area contributed by atoms with Crippen LogP contribution in [0.2, 0.25) is 5.02 Å². The average Bonchev–Trinajstić information content (AvgIpc) is 2.29. The zero-order valence-electron chi connectivity index (χ0n) is 9.05. The summed E-state index contributed by atoms with van der Waals surface area (Å²) in [7, 11) is 0. The molecule has 1 atom stereocenters. The van der Waals surface area contributed by atoms with Crippen LogP contribution in [-0.4, -0.2) is 6.54 Å². The first-order valence-corrected chi connectivity index (χ1v) is 5.97. The highest BCUT2D eigenvalue weighted by Crippen LogP contribution is 2.24. The SMILES string of the molecule is Fc1ccc(NCC2CC=CCC2)c(Cl)c1. The summed E-state index contributed by atoms with van der Waals surface area (Å²) in [6, 6.07) is 4.45. The molecular formula is C13H15ClFN. The largest absolute Gasteiger partial charge is 0.384 e. The molecule has 0 aliphatic heterocycles. The molecule has 1 aliphatic rings. The Morgan fingerprint density at radius 1 is 1.38 bits per heavy atom. The molecule has 1 nitrogen and oxygen atoms in total. The molecule has 0 fully saturated rings. The molecule has 0 radical (unpaired) electrons. The third-order valence-corrected chi connectivity index (χ3v) is 3.20. The fourth-order valence-electron chi connectivity index (χ4n) is 1.93. The number of allylic oxidation sites excluding steroid dienone is 2. The maximum Gasteiger partial charge on any atom is 0.124 e. The molecule has 0 spiro atoms. The number of nitrogens with one attached hydrogen (secondary N) is 1. The van der Waals surface area contributed by atoms with Crippen LogP contribution in [0.15, 0.2) is 30.4 Å². The van der Waals surface area contributed by atoms with E-state index in [1.165, 1.54) is 18.6 Å². The molecule has 3 heteroatoms. The quantitative estimate of drug-likeness (QED) is 0.778. The van der Waals surface area contributed by atoms with Gasteiger partial charge >= 0.3 is 0 Å². The van der Waals surface area contributed by atoms with Crippen LogP contribution >= 0.6 is 11.6 Å². The van der Waals surface area contributed by atoms with Gasteiger partial charge in [-0.2, -0.15) is 0 Å². The van der Waals surface area contributed by atoms with E-state index in [0.717, 1.165) is 25.1 Å². The van der Waals surface area contributed by atoms with Crippen molar-refractivity contribution in [1.29, 1.82) is 0 Å². The Kier molecular flexibility index (Phi) is 3.83. The van der Waals surface area contributed by atoms with Gasteiger partial charge in [-0.15, -0.1) is 0 Å². The Hall–Kier alpha value is -1.02. The van der Waals surface area contributed by atoms with Crippen molar-refractivity contribution in [3.63, 3.8) is 0 Å². The van der Waals surface area contributed by atoms with Crippen molar-refractivity contribution in [3.8, 4) is 0 Å². The molecule has 0 heterocycles. The third-order valence-electron chi connectivity index (χ3n) is 2.89. The minimum absolute atomic E-state index is 0.295. The summed E-state index contributed by atoms with van der Waals surface area (Å²) in [4.78, 5) is 0.